The molecule has 0 unspecified atom stereocenters. The number of aryl methyl sites for hydroxylation is 1. The van der Waals surface area contributed by atoms with E-state index in [0.717, 1.165) is 23.9 Å². The number of hydrogen-bond acceptors (Lipinski definition) is 5. The number of carbonyl (C=O) groups excluding carboxylic acids is 1. The average molecular weight is 355 g/mol. The summed E-state index contributed by atoms with van der Waals surface area (Å²) in [4.78, 5) is 27.8. The fourth-order valence-corrected chi connectivity index (χ4v) is 3.56. The highest BCUT2D eigenvalue weighted by Gasteiger charge is 2.34. The zero-order valence-electron chi connectivity index (χ0n) is 15.4. The Morgan fingerprint density at radius 1 is 1.27 bits per heavy atom. The zero-order valence-corrected chi connectivity index (χ0v) is 15.4. The Kier molecular flexibility index (Phi) is 4.72. The summed E-state index contributed by atoms with van der Waals surface area (Å²) < 4.78 is 8.00. The van der Waals surface area contributed by atoms with Gasteiger partial charge in [-0.3, -0.25) is 9.78 Å². The van der Waals surface area contributed by atoms with Crippen LogP contribution in [-0.2, 0) is 17.8 Å². The van der Waals surface area contributed by atoms with Gasteiger partial charge in [-0.2, -0.15) is 0 Å². The number of imidazole rings is 1. The lowest BCUT2D eigenvalue weighted by atomic mass is 9.98. The lowest BCUT2D eigenvalue weighted by molar-refractivity contribution is 0.0638. The summed E-state index contributed by atoms with van der Waals surface area (Å²) >= 11 is 0. The number of carbonyl (C=O) groups is 1. The second kappa shape index (κ2) is 7.15. The second-order valence-corrected chi connectivity index (χ2v) is 7.26. The van der Waals surface area contributed by atoms with Crippen LogP contribution in [-0.4, -0.2) is 50.1 Å². The minimum atomic E-state index is -0.0959. The standard InChI is InChI=1S/C19H25N5O2/c1-3-26-11-15-9-23(19(25)16-7-20-13(2)6-21-16)10-17-18(15)24(12-22-17)8-14-4-5-14/h6-7,12,14-15H,3-5,8-11H2,1-2H3/t15-/m1/s1. The van der Waals surface area contributed by atoms with Gasteiger partial charge in [0.15, 0.2) is 0 Å². The first-order valence-electron chi connectivity index (χ1n) is 9.35. The smallest absolute Gasteiger partial charge is 0.274 e. The molecule has 0 N–H and O–H groups in total. The molecule has 1 atom stereocenters. The highest BCUT2D eigenvalue weighted by molar-refractivity contribution is 5.92. The molecule has 2 aliphatic rings. The van der Waals surface area contributed by atoms with E-state index >= 15 is 0 Å². The number of nitrogens with zero attached hydrogens (tertiary/aromatic N) is 5. The summed E-state index contributed by atoms with van der Waals surface area (Å²) in [5, 5.41) is 0. The van der Waals surface area contributed by atoms with E-state index in [4.69, 9.17) is 4.74 Å². The Bertz CT molecular complexity index is 782. The molecule has 138 valence electrons. The number of amides is 1. The van der Waals surface area contributed by atoms with E-state index in [1.54, 1.807) is 12.4 Å². The van der Waals surface area contributed by atoms with Crippen molar-refractivity contribution in [3.63, 3.8) is 0 Å². The van der Waals surface area contributed by atoms with E-state index in [-0.39, 0.29) is 11.8 Å². The number of rotatable bonds is 6. The molecule has 0 bridgehead atoms. The summed E-state index contributed by atoms with van der Waals surface area (Å²) in [5.41, 5.74) is 3.40. The predicted molar refractivity (Wildman–Crippen MR) is 95.7 cm³/mol. The van der Waals surface area contributed by atoms with Gasteiger partial charge in [-0.25, -0.2) is 9.97 Å². The van der Waals surface area contributed by atoms with Crippen molar-refractivity contribution in [3.05, 3.63) is 41.5 Å². The van der Waals surface area contributed by atoms with Gasteiger partial charge in [0, 0.05) is 37.5 Å². The molecule has 2 aromatic heterocycles. The maximum atomic E-state index is 12.9. The van der Waals surface area contributed by atoms with Gasteiger partial charge in [-0.1, -0.05) is 0 Å². The third-order valence-corrected chi connectivity index (χ3v) is 5.09. The summed E-state index contributed by atoms with van der Waals surface area (Å²) in [5.74, 6) is 0.826. The second-order valence-electron chi connectivity index (χ2n) is 7.26. The third kappa shape index (κ3) is 3.49. The molecule has 3 heterocycles. The summed E-state index contributed by atoms with van der Waals surface area (Å²) in [7, 11) is 0. The molecular formula is C19H25N5O2. The first kappa shape index (κ1) is 17.1. The van der Waals surface area contributed by atoms with E-state index in [1.165, 1.54) is 18.5 Å². The Balaban J connectivity index is 1.58. The molecule has 0 aromatic carbocycles. The molecule has 1 aliphatic heterocycles. The molecular weight excluding hydrogens is 330 g/mol. The van der Waals surface area contributed by atoms with Crippen LogP contribution < -0.4 is 0 Å². The Labute approximate surface area is 153 Å². The SMILES string of the molecule is CCOC[C@H]1CN(C(=O)c2cnc(C)cn2)Cc2ncn(CC3CC3)c21. The van der Waals surface area contributed by atoms with Crippen LogP contribution in [0.25, 0.3) is 0 Å². The van der Waals surface area contributed by atoms with Gasteiger partial charge in [-0.15, -0.1) is 0 Å². The highest BCUT2D eigenvalue weighted by Crippen LogP contribution is 2.34. The molecule has 2 aromatic rings. The fourth-order valence-electron chi connectivity index (χ4n) is 3.56. The van der Waals surface area contributed by atoms with Gasteiger partial charge >= 0.3 is 0 Å². The quantitative estimate of drug-likeness (QED) is 0.794. The van der Waals surface area contributed by atoms with Gasteiger partial charge in [0.2, 0.25) is 0 Å². The fraction of sp³-hybridized carbons (Fsp3) is 0.579. The maximum Gasteiger partial charge on any atom is 0.274 e. The summed E-state index contributed by atoms with van der Waals surface area (Å²) in [6.45, 7) is 7.29. The Hall–Kier alpha value is -2.28. The van der Waals surface area contributed by atoms with Crippen LogP contribution in [0.15, 0.2) is 18.7 Å². The third-order valence-electron chi connectivity index (χ3n) is 5.09. The maximum absolute atomic E-state index is 12.9. The minimum Gasteiger partial charge on any atom is -0.381 e. The van der Waals surface area contributed by atoms with Crippen LogP contribution in [0.2, 0.25) is 0 Å². The van der Waals surface area contributed by atoms with Gasteiger partial charge < -0.3 is 14.2 Å². The lowest BCUT2D eigenvalue weighted by Gasteiger charge is -2.33. The van der Waals surface area contributed by atoms with Crippen LogP contribution in [0.5, 0.6) is 0 Å². The van der Waals surface area contributed by atoms with Crippen molar-refractivity contribution in [1.82, 2.24) is 24.4 Å². The highest BCUT2D eigenvalue weighted by atomic mass is 16.5. The molecule has 7 nitrogen and oxygen atoms in total. The van der Waals surface area contributed by atoms with Gasteiger partial charge in [0.05, 0.1) is 37.1 Å². The summed E-state index contributed by atoms with van der Waals surface area (Å²) in [6.07, 6.45) is 7.72. The average Bonchev–Trinajstić information content (AvgIpc) is 3.38. The van der Waals surface area contributed by atoms with Crippen LogP contribution in [0, 0.1) is 12.8 Å². The van der Waals surface area contributed by atoms with Crippen LogP contribution in [0.3, 0.4) is 0 Å². The molecule has 0 spiro atoms. The first-order chi connectivity index (χ1) is 12.7. The van der Waals surface area contributed by atoms with E-state index in [0.29, 0.717) is 32.0 Å². The Morgan fingerprint density at radius 3 is 2.81 bits per heavy atom. The molecule has 26 heavy (non-hydrogen) atoms. The molecule has 1 amide bonds. The van der Waals surface area contributed by atoms with Crippen LogP contribution >= 0.6 is 0 Å². The molecule has 1 saturated carbocycles. The van der Waals surface area contributed by atoms with Crippen molar-refractivity contribution in [1.29, 1.82) is 0 Å². The van der Waals surface area contributed by atoms with Crippen LogP contribution in [0.1, 0.15) is 53.3 Å². The topological polar surface area (TPSA) is 73.1 Å². The van der Waals surface area contributed by atoms with Crippen molar-refractivity contribution < 1.29 is 9.53 Å². The van der Waals surface area contributed by atoms with Crippen molar-refractivity contribution in [2.24, 2.45) is 5.92 Å². The van der Waals surface area contributed by atoms with E-state index < -0.39 is 0 Å². The normalized spacial score (nSPS) is 19.5. The molecule has 1 aliphatic carbocycles. The minimum absolute atomic E-state index is 0.0959. The van der Waals surface area contributed by atoms with Crippen molar-refractivity contribution in [3.8, 4) is 0 Å². The van der Waals surface area contributed by atoms with E-state index in [1.807, 2.05) is 25.1 Å². The number of aromatic nitrogens is 4. The van der Waals surface area contributed by atoms with Gasteiger partial charge in [0.25, 0.3) is 5.91 Å². The lowest BCUT2D eigenvalue weighted by Crippen LogP contribution is -2.40. The van der Waals surface area contributed by atoms with E-state index in [9.17, 15) is 4.79 Å². The molecule has 0 saturated heterocycles. The predicted octanol–water partition coefficient (Wildman–Crippen LogP) is 2.17. The zero-order chi connectivity index (χ0) is 18.1. The van der Waals surface area contributed by atoms with Crippen LogP contribution in [0.4, 0.5) is 0 Å². The molecule has 1 fully saturated rings. The molecule has 4 rings (SSSR count). The molecule has 7 heteroatoms. The largest absolute Gasteiger partial charge is 0.381 e. The van der Waals surface area contributed by atoms with Crippen molar-refractivity contribution >= 4 is 5.91 Å². The van der Waals surface area contributed by atoms with Gasteiger partial charge in [0.1, 0.15) is 5.69 Å². The first-order valence-corrected chi connectivity index (χ1v) is 9.35. The van der Waals surface area contributed by atoms with E-state index in [2.05, 4.69) is 19.5 Å². The monoisotopic (exact) mass is 355 g/mol. The Morgan fingerprint density at radius 2 is 2.12 bits per heavy atom. The number of ether oxygens (including phenoxy) is 1. The van der Waals surface area contributed by atoms with Crippen molar-refractivity contribution in [2.45, 2.75) is 45.7 Å². The number of fused-ring (bicyclic) bond motifs is 1. The number of hydrogen-bond donors (Lipinski definition) is 0. The summed E-state index contributed by atoms with van der Waals surface area (Å²) in [6, 6.07) is 0. The van der Waals surface area contributed by atoms with Crippen molar-refractivity contribution in [2.75, 3.05) is 19.8 Å². The molecule has 0 radical (unpaired) electrons. The van der Waals surface area contributed by atoms with Gasteiger partial charge in [-0.05, 0) is 32.6 Å².